The summed E-state index contributed by atoms with van der Waals surface area (Å²) in [6.45, 7) is 0. The number of benzene rings is 1. The largest absolute Gasteiger partial charge is 0.340 e. The Morgan fingerprint density at radius 1 is 1.26 bits per heavy atom. The lowest BCUT2D eigenvalue weighted by Gasteiger charge is -2.24. The Hall–Kier alpha value is -3.94. The van der Waals surface area contributed by atoms with Crippen LogP contribution >= 0.6 is 0 Å². The van der Waals surface area contributed by atoms with Crippen molar-refractivity contribution in [1.82, 2.24) is 30.6 Å². The molecule has 0 saturated carbocycles. The lowest BCUT2D eigenvalue weighted by Crippen LogP contribution is -2.34. The van der Waals surface area contributed by atoms with Gasteiger partial charge < -0.3 is 5.32 Å². The van der Waals surface area contributed by atoms with Gasteiger partial charge in [-0.2, -0.15) is 5.10 Å². The number of aldehydes is 1. The third-order valence-electron chi connectivity index (χ3n) is 4.43. The van der Waals surface area contributed by atoms with Crippen molar-refractivity contribution in [2.24, 2.45) is 0 Å². The maximum absolute atomic E-state index is 10.9. The summed E-state index contributed by atoms with van der Waals surface area (Å²) >= 11 is 0. The number of carbonyl (C=O) groups is 1. The molecule has 27 heavy (non-hydrogen) atoms. The molecule has 0 fully saturated rings. The van der Waals surface area contributed by atoms with Crippen molar-refractivity contribution in [3.05, 3.63) is 72.6 Å². The molecule has 132 valence electrons. The minimum Gasteiger partial charge on any atom is -0.340 e. The van der Waals surface area contributed by atoms with E-state index in [-0.39, 0.29) is 6.04 Å². The zero-order chi connectivity index (χ0) is 18.2. The molecule has 2 aromatic heterocycles. The van der Waals surface area contributed by atoms with Crippen LogP contribution in [0.3, 0.4) is 0 Å². The standard InChI is InChI=1S/C19H15N7O/c27-11-15-8-16-3-1-12(10-26(16)25-15)19-20-6-5-18(23-19)22-14-2-4-17-13(7-14)9-21-24-17/h1-11,16,25H,(H,21,24)(H,20,22,23). The van der Waals surface area contributed by atoms with Crippen molar-refractivity contribution in [3.8, 4) is 0 Å². The van der Waals surface area contributed by atoms with Crippen LogP contribution in [-0.2, 0) is 4.79 Å². The number of nitrogens with zero attached hydrogens (tertiary/aromatic N) is 4. The van der Waals surface area contributed by atoms with Crippen LogP contribution in [0.2, 0.25) is 0 Å². The summed E-state index contributed by atoms with van der Waals surface area (Å²) in [4.78, 5) is 19.9. The van der Waals surface area contributed by atoms with Gasteiger partial charge >= 0.3 is 0 Å². The molecule has 4 heterocycles. The fourth-order valence-electron chi connectivity index (χ4n) is 3.12. The molecule has 3 aromatic rings. The highest BCUT2D eigenvalue weighted by Crippen LogP contribution is 2.25. The molecule has 3 N–H and O–H groups in total. The van der Waals surface area contributed by atoms with Crippen LogP contribution in [0.25, 0.3) is 16.5 Å². The molecule has 0 radical (unpaired) electrons. The third kappa shape index (κ3) is 2.82. The molecule has 0 bridgehead atoms. The highest BCUT2D eigenvalue weighted by molar-refractivity contribution is 5.82. The number of hydrogen-bond acceptors (Lipinski definition) is 7. The summed E-state index contributed by atoms with van der Waals surface area (Å²) in [6.07, 6.45) is 12.0. The average molecular weight is 357 g/mol. The van der Waals surface area contributed by atoms with Gasteiger partial charge in [-0.25, -0.2) is 9.97 Å². The number of carbonyl (C=O) groups excluding carboxylic acids is 1. The molecular formula is C19H15N7O. The van der Waals surface area contributed by atoms with Crippen LogP contribution in [0, 0.1) is 0 Å². The number of hydrogen-bond donors (Lipinski definition) is 3. The first-order valence-corrected chi connectivity index (χ1v) is 8.44. The smallest absolute Gasteiger partial charge is 0.167 e. The van der Waals surface area contributed by atoms with Gasteiger partial charge in [-0.15, -0.1) is 0 Å². The summed E-state index contributed by atoms with van der Waals surface area (Å²) in [7, 11) is 0. The van der Waals surface area contributed by atoms with E-state index in [1.54, 1.807) is 12.4 Å². The molecule has 5 rings (SSSR count). The highest BCUT2D eigenvalue weighted by atomic mass is 16.1. The fraction of sp³-hybridized carbons (Fsp3) is 0.0526. The van der Waals surface area contributed by atoms with Crippen molar-refractivity contribution in [3.63, 3.8) is 0 Å². The highest BCUT2D eigenvalue weighted by Gasteiger charge is 2.23. The number of nitrogens with one attached hydrogen (secondary N) is 3. The molecule has 0 aliphatic carbocycles. The number of aromatic amines is 1. The topological polar surface area (TPSA) is 98.8 Å². The van der Waals surface area contributed by atoms with E-state index in [1.807, 2.05) is 53.7 Å². The second-order valence-corrected chi connectivity index (χ2v) is 6.26. The van der Waals surface area contributed by atoms with Crippen molar-refractivity contribution in [2.45, 2.75) is 6.04 Å². The average Bonchev–Trinajstić information content (AvgIpc) is 3.33. The van der Waals surface area contributed by atoms with E-state index in [9.17, 15) is 4.79 Å². The summed E-state index contributed by atoms with van der Waals surface area (Å²) < 4.78 is 0. The Morgan fingerprint density at radius 3 is 3.15 bits per heavy atom. The lowest BCUT2D eigenvalue weighted by molar-refractivity contribution is -0.105. The van der Waals surface area contributed by atoms with E-state index in [0.29, 0.717) is 17.3 Å². The van der Waals surface area contributed by atoms with Gasteiger partial charge in [0.25, 0.3) is 0 Å². The zero-order valence-electron chi connectivity index (χ0n) is 14.1. The van der Waals surface area contributed by atoms with Gasteiger partial charge in [0, 0.05) is 29.0 Å². The molecule has 0 amide bonds. The number of fused-ring (bicyclic) bond motifs is 2. The number of aromatic nitrogens is 4. The van der Waals surface area contributed by atoms with Gasteiger partial charge in [0.15, 0.2) is 12.1 Å². The first kappa shape index (κ1) is 15.3. The number of rotatable bonds is 4. The maximum Gasteiger partial charge on any atom is 0.167 e. The molecule has 8 heteroatoms. The SMILES string of the molecule is O=CC1=CC2C=CC(c3nccc(Nc4ccc5[nH]ncc5c4)n3)=CN2N1. The minimum atomic E-state index is 0.0249. The zero-order valence-corrected chi connectivity index (χ0v) is 14.1. The van der Waals surface area contributed by atoms with Crippen LogP contribution in [0.4, 0.5) is 11.5 Å². The van der Waals surface area contributed by atoms with Crippen molar-refractivity contribution < 1.29 is 4.79 Å². The van der Waals surface area contributed by atoms with E-state index in [4.69, 9.17) is 0 Å². The number of hydrazine groups is 1. The van der Waals surface area contributed by atoms with Gasteiger partial charge in [0.05, 0.1) is 23.5 Å². The summed E-state index contributed by atoms with van der Waals surface area (Å²) in [6, 6.07) is 7.78. The summed E-state index contributed by atoms with van der Waals surface area (Å²) in [5.74, 6) is 1.29. The van der Waals surface area contributed by atoms with Gasteiger partial charge in [-0.3, -0.25) is 20.3 Å². The molecule has 0 spiro atoms. The van der Waals surface area contributed by atoms with Gasteiger partial charge in [-0.05, 0) is 30.3 Å². The van der Waals surface area contributed by atoms with E-state index < -0.39 is 0 Å². The van der Waals surface area contributed by atoms with E-state index >= 15 is 0 Å². The Labute approximate surface area is 154 Å². The maximum atomic E-state index is 10.9. The monoisotopic (exact) mass is 357 g/mol. The van der Waals surface area contributed by atoms with Crippen molar-refractivity contribution >= 4 is 34.3 Å². The minimum absolute atomic E-state index is 0.0249. The molecule has 8 nitrogen and oxygen atoms in total. The molecule has 1 unspecified atom stereocenters. The van der Waals surface area contributed by atoms with Crippen LogP contribution in [0.15, 0.2) is 66.8 Å². The Kier molecular flexibility index (Phi) is 3.46. The molecular weight excluding hydrogens is 342 g/mol. The first-order chi connectivity index (χ1) is 13.3. The van der Waals surface area contributed by atoms with Crippen LogP contribution in [-0.4, -0.2) is 37.5 Å². The molecule has 2 aliphatic rings. The third-order valence-corrected chi connectivity index (χ3v) is 4.43. The van der Waals surface area contributed by atoms with Gasteiger partial charge in [0.2, 0.25) is 0 Å². The number of allylic oxidation sites excluding steroid dienone is 3. The van der Waals surface area contributed by atoms with Crippen molar-refractivity contribution in [2.75, 3.05) is 5.32 Å². The molecule has 0 saturated heterocycles. The predicted molar refractivity (Wildman–Crippen MR) is 101 cm³/mol. The quantitative estimate of drug-likeness (QED) is 0.616. The fourth-order valence-corrected chi connectivity index (χ4v) is 3.12. The Morgan fingerprint density at radius 2 is 2.22 bits per heavy atom. The predicted octanol–water partition coefficient (Wildman–Crippen LogP) is 2.28. The normalized spacial score (nSPS) is 17.9. The second kappa shape index (κ2) is 6.10. The van der Waals surface area contributed by atoms with Crippen LogP contribution in [0.1, 0.15) is 5.82 Å². The van der Waals surface area contributed by atoms with Crippen LogP contribution in [0.5, 0.6) is 0 Å². The molecule has 2 aliphatic heterocycles. The Bertz CT molecular complexity index is 1130. The van der Waals surface area contributed by atoms with E-state index in [2.05, 4.69) is 30.9 Å². The Balaban J connectivity index is 1.39. The first-order valence-electron chi connectivity index (χ1n) is 8.44. The molecule has 1 atom stereocenters. The van der Waals surface area contributed by atoms with Crippen LogP contribution < -0.4 is 10.7 Å². The van der Waals surface area contributed by atoms with E-state index in [1.165, 1.54) is 0 Å². The molecule has 1 aromatic carbocycles. The van der Waals surface area contributed by atoms with Crippen molar-refractivity contribution in [1.29, 1.82) is 0 Å². The van der Waals surface area contributed by atoms with Gasteiger partial charge in [0.1, 0.15) is 5.82 Å². The van der Waals surface area contributed by atoms with E-state index in [0.717, 1.165) is 28.4 Å². The lowest BCUT2D eigenvalue weighted by atomic mass is 10.1. The summed E-state index contributed by atoms with van der Waals surface area (Å²) in [5.41, 5.74) is 6.34. The van der Waals surface area contributed by atoms with Gasteiger partial charge in [-0.1, -0.05) is 12.2 Å². The number of anilines is 2. The number of H-pyrrole nitrogens is 1. The second-order valence-electron chi connectivity index (χ2n) is 6.26. The summed E-state index contributed by atoms with van der Waals surface area (Å²) in [5, 5.41) is 13.1.